The summed E-state index contributed by atoms with van der Waals surface area (Å²) in [5.41, 5.74) is 32.2. The summed E-state index contributed by atoms with van der Waals surface area (Å²) in [5, 5.41) is 75.0. The zero-order chi connectivity index (χ0) is 84.9. The minimum atomic E-state index is -1.18. The number of rotatable bonds is 28. The third-order valence-electron chi connectivity index (χ3n) is 20.5. The van der Waals surface area contributed by atoms with Crippen LogP contribution in [0.25, 0.3) is 21.9 Å². The molecule has 25 nitrogen and oxygen atoms in total. The number of nitrogens with one attached hydrogen (secondary N) is 3. The standard InChI is InChI=1S/C29H27N5O2.C29H31N5O2.C17H20N2O.C12H9N3O2.C4H13N3.B.2ClH.Na.Ni.H/c1-20-17-27(34(33-20)26-8-4-6-24(19-26)30-2)28(35)32-25-7-3-5-23(18-25)29(36,14-11-21-9-10-21)22-12-15-31-16-13-22;1-20-16-27(34(33-20)26-7-2-4-22(17-26)19-30)28(35)32-25-6-3-5-24(18-25)29(36,13-10-21-8-9-21)23-11-14-31-15-12-23;18-16-3-1-2-15(12-16)17(20,9-6-13-4-5-13)14-7-10-19-11-8-14;1-8-5-11(12(16)17)15(14-8)10-4-2-3-9(6-10)7-13;5-1-3-7-4-2-6;;;;;;/h3-8,12-13,15-19,21,36H,9-11,14H2,1H3,(H,32,35);2-7,11-12,14-18,21,36H,8-10,13,19,30H2,1H3,(H,32,35);1-3,7-8,10-13,20H,4-6,9,18H2;2-6H,1H3,(H,16,17);7H,1-6H2;;2*1H;;;/q;;;;;;;;+1;+2;-1/p-2. The van der Waals surface area contributed by atoms with E-state index in [0.717, 1.165) is 95.0 Å². The number of carbonyl (C=O) groups excluding carboxylic acids is 2. The van der Waals surface area contributed by atoms with E-state index in [1.807, 2.05) is 159 Å². The predicted molar refractivity (Wildman–Crippen MR) is 468 cm³/mol. The molecule has 6 heterocycles. The first-order chi connectivity index (χ1) is 57.5. The van der Waals surface area contributed by atoms with Gasteiger partial charge in [0.1, 0.15) is 28.2 Å². The van der Waals surface area contributed by atoms with E-state index in [1.165, 1.54) is 49.3 Å². The number of carboxylic acid groups (broad SMARTS) is 1. The summed E-state index contributed by atoms with van der Waals surface area (Å²) in [4.78, 5) is 53.5. The van der Waals surface area contributed by atoms with Crippen molar-refractivity contribution in [3.8, 4) is 23.1 Å². The molecule has 12 aromatic rings. The van der Waals surface area contributed by atoms with E-state index in [2.05, 4.69) is 51.0 Å². The van der Waals surface area contributed by atoms with Crippen molar-refractivity contribution in [3.63, 3.8) is 0 Å². The minimum Gasteiger partial charge on any atom is -1.00 e. The third kappa shape index (κ3) is 27.5. The fraction of sp³-hybridized carbons (Fsp3) is 0.286. The SMILES string of the molecule is Cc1cc(C(=O)Nc2cccc(C(O)(CCC3CC3)c3ccncc3)c2)n(-c2cccc(CN)c2)n1.Cc1cc(C(=O)O)n(-c2cccc(C#N)c2)n1.NCCNCCN.Nc1cccc(C(O)(CCC2CC2)c2ccncc2)c1.[B].[C-]#[N+]c1cccc(-n2nc(C)cc2C(=O)Nc2cccc(C(O)(CCC3CC3)c3ccncc3)c2)c1.[Cl][Ni][Cl].[H-].[Na+]. The molecule has 625 valence electrons. The number of halogens is 2. The Morgan fingerprint density at radius 1 is 0.521 bits per heavy atom. The van der Waals surface area contributed by atoms with Gasteiger partial charge in [-0.2, -0.15) is 20.6 Å². The molecule has 0 bridgehead atoms. The molecule has 30 heteroatoms. The number of aromatic carboxylic acids is 1. The van der Waals surface area contributed by atoms with Crippen LogP contribution in [0.2, 0.25) is 0 Å². The van der Waals surface area contributed by atoms with E-state index in [-0.39, 0.29) is 56.9 Å². The van der Waals surface area contributed by atoms with Gasteiger partial charge in [0.05, 0.1) is 52.3 Å². The Morgan fingerprint density at radius 3 is 1.26 bits per heavy atom. The van der Waals surface area contributed by atoms with Crippen molar-refractivity contribution in [1.29, 1.82) is 5.26 Å². The van der Waals surface area contributed by atoms with E-state index >= 15 is 0 Å². The van der Waals surface area contributed by atoms with Crippen LogP contribution < -0.4 is 68.4 Å². The Bertz CT molecular complexity index is 5420. The number of anilines is 3. The van der Waals surface area contributed by atoms with Crippen LogP contribution in [0.1, 0.15) is 172 Å². The molecule has 6 aromatic carbocycles. The second-order valence-electron chi connectivity index (χ2n) is 29.5. The van der Waals surface area contributed by atoms with Crippen LogP contribution >= 0.6 is 20.4 Å². The molecular weight excluding hydrogens is 1620 g/mol. The van der Waals surface area contributed by atoms with Crippen LogP contribution in [0, 0.1) is 56.4 Å². The molecule has 3 radical (unpaired) electrons. The quantitative estimate of drug-likeness (QED) is 0.00939. The molecule has 15 N–H and O–H groups in total. The van der Waals surface area contributed by atoms with E-state index in [1.54, 1.807) is 108 Å². The van der Waals surface area contributed by atoms with Gasteiger partial charge in [-0.3, -0.25) is 24.5 Å². The molecule has 3 aliphatic carbocycles. The van der Waals surface area contributed by atoms with Gasteiger partial charge in [-0.15, -0.1) is 0 Å². The Hall–Kier alpha value is -10.6. The van der Waals surface area contributed by atoms with Crippen LogP contribution in [0.4, 0.5) is 22.7 Å². The van der Waals surface area contributed by atoms with Crippen molar-refractivity contribution in [1.82, 2.24) is 49.6 Å². The van der Waals surface area contributed by atoms with Crippen LogP contribution in [0.15, 0.2) is 237 Å². The van der Waals surface area contributed by atoms with Gasteiger partial charge in [-0.25, -0.2) is 23.7 Å². The summed E-state index contributed by atoms with van der Waals surface area (Å²) in [6.45, 7) is 16.2. The maximum atomic E-state index is 13.4. The number of hydrogen-bond donors (Lipinski definition) is 11. The van der Waals surface area contributed by atoms with E-state index in [0.29, 0.717) is 119 Å². The number of nitrogens with two attached hydrogens (primary N) is 4. The van der Waals surface area contributed by atoms with Crippen molar-refractivity contribution in [3.05, 3.63) is 327 Å². The van der Waals surface area contributed by atoms with Gasteiger partial charge < -0.3 is 60.7 Å². The van der Waals surface area contributed by atoms with Gasteiger partial charge in [0.2, 0.25) is 0 Å². The molecule has 3 saturated carbocycles. The number of nitrogen functional groups attached to an aromatic ring is 1. The maximum Gasteiger partial charge on any atom is 1.00 e. The molecule has 0 saturated heterocycles. The first-order valence-electron chi connectivity index (χ1n) is 39.3. The first-order valence-corrected chi connectivity index (χ1v) is 42.0. The van der Waals surface area contributed by atoms with Crippen LogP contribution in [0.3, 0.4) is 0 Å². The maximum absolute atomic E-state index is 13.4. The summed E-state index contributed by atoms with van der Waals surface area (Å²) >= 11 is 0.569. The van der Waals surface area contributed by atoms with Crippen LogP contribution in [-0.2, 0) is 36.0 Å². The Morgan fingerprint density at radius 2 is 0.884 bits per heavy atom. The van der Waals surface area contributed by atoms with Crippen molar-refractivity contribution in [2.24, 2.45) is 35.0 Å². The fourth-order valence-electron chi connectivity index (χ4n) is 13.7. The van der Waals surface area contributed by atoms with E-state index < -0.39 is 22.8 Å². The van der Waals surface area contributed by atoms with Gasteiger partial charge in [0, 0.05) is 95.4 Å². The third-order valence-corrected chi connectivity index (χ3v) is 20.5. The predicted octanol–water partition coefficient (Wildman–Crippen LogP) is 12.0. The van der Waals surface area contributed by atoms with Crippen molar-refractivity contribution in [2.45, 2.75) is 121 Å². The summed E-state index contributed by atoms with van der Waals surface area (Å²) in [7, 11) is 9.40. The van der Waals surface area contributed by atoms with Crippen molar-refractivity contribution < 1.29 is 78.4 Å². The number of nitriles is 1. The number of hydrogen-bond acceptors (Lipinski definition) is 18. The molecular formula is C91H101BCl2N18NaNiO7. The average molecular weight is 1720 g/mol. The van der Waals surface area contributed by atoms with Gasteiger partial charge in [0.15, 0.2) is 11.4 Å². The summed E-state index contributed by atoms with van der Waals surface area (Å²) < 4.78 is 4.50. The zero-order valence-electron chi connectivity index (χ0n) is 69.2. The number of benzene rings is 6. The molecule has 6 aromatic heterocycles. The summed E-state index contributed by atoms with van der Waals surface area (Å²) in [6.07, 6.45) is 22.6. The van der Waals surface area contributed by atoms with Gasteiger partial charge in [0.25, 0.3) is 11.8 Å². The largest absolute Gasteiger partial charge is 1.00 e. The number of carboxylic acids is 1. The molecule has 3 fully saturated rings. The number of aliphatic hydroxyl groups is 3. The summed E-state index contributed by atoms with van der Waals surface area (Å²) in [6, 6.07) is 61.9. The number of pyridine rings is 3. The van der Waals surface area contributed by atoms with Gasteiger partial charge >= 0.3 is 68.6 Å². The molecule has 15 rings (SSSR count). The van der Waals surface area contributed by atoms with Crippen molar-refractivity contribution >= 4 is 69.3 Å². The Balaban J connectivity index is 0.000000222. The second-order valence-corrected chi connectivity index (χ2v) is 31.2. The van der Waals surface area contributed by atoms with Crippen LogP contribution in [0.5, 0.6) is 0 Å². The zero-order valence-corrected chi connectivity index (χ0v) is 72.7. The molecule has 3 atom stereocenters. The molecule has 3 unspecified atom stereocenters. The Labute approximate surface area is 746 Å². The average Bonchev–Trinajstić information content (AvgIpc) is 1.31. The number of nitrogens with zero attached hydrogens (tertiary/aromatic N) is 11. The second kappa shape index (κ2) is 47.0. The molecule has 3 aliphatic rings. The summed E-state index contributed by atoms with van der Waals surface area (Å²) in [5.74, 6) is 0.480. The first kappa shape index (κ1) is 95.9. The van der Waals surface area contributed by atoms with Crippen molar-refractivity contribution in [2.75, 3.05) is 42.5 Å². The molecule has 0 spiro atoms. The van der Waals surface area contributed by atoms with E-state index in [9.17, 15) is 29.7 Å². The molecule has 0 aliphatic heterocycles. The Kier molecular flexibility index (Phi) is 37.3. The topological polar surface area (TPSA) is 393 Å². The van der Waals surface area contributed by atoms with Gasteiger partial charge in [-0.05, 0) is 249 Å². The minimum absolute atomic E-state index is 0. The molecule has 121 heavy (non-hydrogen) atoms. The molecule has 2 amide bonds. The van der Waals surface area contributed by atoms with Gasteiger partial charge in [-0.1, -0.05) is 105 Å². The fourth-order valence-corrected chi connectivity index (χ4v) is 13.7. The number of carbonyl (C=O) groups is 3. The monoisotopic (exact) mass is 1720 g/mol. The smallest absolute Gasteiger partial charge is 1.00 e. The number of aromatic nitrogens is 9. The normalized spacial score (nSPS) is 13.8. The number of aryl methyl sites for hydroxylation is 3. The van der Waals surface area contributed by atoms with Crippen LogP contribution in [-0.4, -0.2) is 117 Å². The number of amides is 2. The van der Waals surface area contributed by atoms with E-state index in [4.69, 9.17) is 60.3 Å².